The van der Waals surface area contributed by atoms with Crippen molar-refractivity contribution in [3.63, 3.8) is 0 Å². The van der Waals surface area contributed by atoms with Crippen molar-refractivity contribution < 1.29 is 0 Å². The molecule has 1 aliphatic rings. The van der Waals surface area contributed by atoms with Crippen LogP contribution < -0.4 is 4.90 Å². The normalized spacial score (nSPS) is 12.6. The van der Waals surface area contributed by atoms with Crippen molar-refractivity contribution >= 4 is 94.6 Å². The molecule has 0 bridgehead atoms. The van der Waals surface area contributed by atoms with E-state index in [0.717, 1.165) is 75.2 Å². The van der Waals surface area contributed by atoms with Gasteiger partial charge in [0.2, 0.25) is 0 Å². The Morgan fingerprint density at radius 1 is 0.514 bits per heavy atom. The fourth-order valence-corrected chi connectivity index (χ4v) is 12.1. The first-order chi connectivity index (χ1) is 36.6. The maximum atomic E-state index is 5.56. The molecule has 5 heterocycles. The van der Waals surface area contributed by atoms with Crippen LogP contribution in [-0.4, -0.2) is 23.3 Å². The minimum atomic E-state index is 0.833. The van der Waals surface area contributed by atoms with E-state index in [1.807, 2.05) is 0 Å². The van der Waals surface area contributed by atoms with Gasteiger partial charge in [-0.1, -0.05) is 146 Å². The third-order valence-electron chi connectivity index (χ3n) is 15.2. The van der Waals surface area contributed by atoms with Crippen molar-refractivity contribution in [2.24, 2.45) is 0 Å². The fraction of sp³-hybridized carbons (Fsp3) is 0.0735. The van der Waals surface area contributed by atoms with Gasteiger partial charge in [0.05, 0.1) is 44.5 Å². The molecule has 0 fully saturated rings. The molecule has 354 valence electrons. The average molecular weight is 953 g/mol. The number of rotatable bonds is 9. The summed E-state index contributed by atoms with van der Waals surface area (Å²) in [4.78, 5) is 8.00. The van der Waals surface area contributed by atoms with E-state index in [2.05, 4.69) is 281 Å². The number of hydrogen-bond donors (Lipinski definition) is 0. The quantitative estimate of drug-likeness (QED) is 0.145. The highest BCUT2D eigenvalue weighted by atomic mass is 15.2. The molecule has 0 N–H and O–H groups in total. The SMILES string of the molecule is C/C=C\c1c(CC)c2ccc(N(c3cccc(-n4c5ccccc5c5ccc6c(c7c(n6-c6ccccc6)C=CC=CC7)c54)c3)c3ccccc3C)cc2n1-c1cccc(-n2c3ccccc3c3ccccc32)n1. The second-order valence-corrected chi connectivity index (χ2v) is 19.4. The van der Waals surface area contributed by atoms with E-state index in [1.54, 1.807) is 0 Å². The summed E-state index contributed by atoms with van der Waals surface area (Å²) in [5, 5.41) is 7.40. The van der Waals surface area contributed by atoms with Crippen molar-refractivity contribution in [2.45, 2.75) is 33.6 Å². The number of aryl methyl sites for hydroxylation is 2. The summed E-state index contributed by atoms with van der Waals surface area (Å²) < 4.78 is 9.64. The molecule has 0 unspecified atom stereocenters. The van der Waals surface area contributed by atoms with Gasteiger partial charge >= 0.3 is 0 Å². The highest BCUT2D eigenvalue weighted by Crippen LogP contribution is 2.45. The van der Waals surface area contributed by atoms with E-state index < -0.39 is 0 Å². The molecule has 0 saturated heterocycles. The molecule has 13 aromatic rings. The number of para-hydroxylation sites is 5. The Labute approximate surface area is 429 Å². The van der Waals surface area contributed by atoms with Gasteiger partial charge in [0, 0.05) is 60.8 Å². The second kappa shape index (κ2) is 17.4. The molecular formula is C68H52N6. The molecule has 74 heavy (non-hydrogen) atoms. The summed E-state index contributed by atoms with van der Waals surface area (Å²) in [6.45, 7) is 6.58. The van der Waals surface area contributed by atoms with Crippen LogP contribution in [0.2, 0.25) is 0 Å². The summed E-state index contributed by atoms with van der Waals surface area (Å²) in [7, 11) is 0. The maximum Gasteiger partial charge on any atom is 0.140 e. The van der Waals surface area contributed by atoms with Crippen molar-refractivity contribution in [3.8, 4) is 23.0 Å². The lowest BCUT2D eigenvalue weighted by Gasteiger charge is -2.28. The number of benzene rings is 8. The zero-order valence-corrected chi connectivity index (χ0v) is 41.6. The van der Waals surface area contributed by atoms with Crippen molar-refractivity contribution in [1.82, 2.24) is 23.3 Å². The van der Waals surface area contributed by atoms with Crippen molar-refractivity contribution in [1.29, 1.82) is 0 Å². The summed E-state index contributed by atoms with van der Waals surface area (Å²) in [5.74, 6) is 1.75. The van der Waals surface area contributed by atoms with Gasteiger partial charge in [-0.3, -0.25) is 9.13 Å². The predicted octanol–water partition coefficient (Wildman–Crippen LogP) is 17.7. The lowest BCUT2D eigenvalue weighted by Crippen LogP contribution is -2.12. The Morgan fingerprint density at radius 2 is 1.15 bits per heavy atom. The number of fused-ring (bicyclic) bond motifs is 11. The van der Waals surface area contributed by atoms with Crippen LogP contribution in [0.3, 0.4) is 0 Å². The van der Waals surface area contributed by atoms with Crippen LogP contribution in [0.4, 0.5) is 17.1 Å². The Balaban J connectivity index is 0.992. The van der Waals surface area contributed by atoms with Gasteiger partial charge in [0.25, 0.3) is 0 Å². The fourth-order valence-electron chi connectivity index (χ4n) is 12.1. The third kappa shape index (κ3) is 6.61. The zero-order chi connectivity index (χ0) is 49.4. The number of allylic oxidation sites excluding steroid dienone is 4. The largest absolute Gasteiger partial charge is 0.310 e. The molecule has 1 aliphatic carbocycles. The smallest absolute Gasteiger partial charge is 0.140 e. The van der Waals surface area contributed by atoms with Gasteiger partial charge in [0.1, 0.15) is 11.6 Å². The predicted molar refractivity (Wildman–Crippen MR) is 312 cm³/mol. The molecule has 0 aliphatic heterocycles. The van der Waals surface area contributed by atoms with E-state index >= 15 is 0 Å². The van der Waals surface area contributed by atoms with Crippen LogP contribution in [0.25, 0.3) is 101 Å². The van der Waals surface area contributed by atoms with Crippen molar-refractivity contribution in [2.75, 3.05) is 4.90 Å². The van der Waals surface area contributed by atoms with Crippen LogP contribution in [0.5, 0.6) is 0 Å². The van der Waals surface area contributed by atoms with E-state index in [-0.39, 0.29) is 0 Å². The van der Waals surface area contributed by atoms with Gasteiger partial charge in [-0.05, 0) is 140 Å². The first-order valence-corrected chi connectivity index (χ1v) is 25.8. The van der Waals surface area contributed by atoms with Crippen LogP contribution in [0.1, 0.15) is 41.9 Å². The van der Waals surface area contributed by atoms with Gasteiger partial charge in [-0.15, -0.1) is 0 Å². The number of nitrogens with zero attached hydrogens (tertiary/aromatic N) is 6. The number of anilines is 3. The monoisotopic (exact) mass is 952 g/mol. The second-order valence-electron chi connectivity index (χ2n) is 19.4. The Bertz CT molecular complexity index is 4420. The van der Waals surface area contributed by atoms with Gasteiger partial charge in [-0.25, -0.2) is 4.98 Å². The standard InChI is InChI=1S/C68H52N6/c1-4-22-58-50(5-2)54-40-39-49(44-64(54)74(58)66-38-21-37-65(69-66)73-60-35-18-13-28-51(60)52-29-14-19-36-61(52)73)70(57-32-16-12-23-45(57)3)47-26-20-27-48(43-47)72-59-34-17-15-30-53(59)55-41-42-63-67(68(55)72)56-31-10-7-11-33-62(56)71(63)46-24-8-6-9-25-46/h4,6-30,32-44H,5,31H2,1-3H3/b22-4-. The molecule has 0 radical (unpaired) electrons. The molecule has 0 amide bonds. The minimum absolute atomic E-state index is 0.833. The molecule has 0 saturated carbocycles. The first-order valence-electron chi connectivity index (χ1n) is 25.8. The molecule has 0 atom stereocenters. The maximum absolute atomic E-state index is 5.56. The van der Waals surface area contributed by atoms with Crippen LogP contribution in [0, 0.1) is 6.92 Å². The molecule has 6 nitrogen and oxygen atoms in total. The topological polar surface area (TPSA) is 35.9 Å². The van der Waals surface area contributed by atoms with E-state index in [9.17, 15) is 0 Å². The summed E-state index contributed by atoms with van der Waals surface area (Å²) in [5.41, 5.74) is 18.6. The van der Waals surface area contributed by atoms with Gasteiger partial charge < -0.3 is 14.0 Å². The van der Waals surface area contributed by atoms with Crippen LogP contribution in [-0.2, 0) is 12.8 Å². The Kier molecular flexibility index (Phi) is 10.2. The summed E-state index contributed by atoms with van der Waals surface area (Å²) in [6, 6.07) is 73.0. The molecule has 0 spiro atoms. The van der Waals surface area contributed by atoms with E-state index in [0.29, 0.717) is 0 Å². The number of pyridine rings is 1. The molecule has 5 aromatic heterocycles. The summed E-state index contributed by atoms with van der Waals surface area (Å²) >= 11 is 0. The van der Waals surface area contributed by atoms with Crippen molar-refractivity contribution in [3.05, 3.63) is 253 Å². The highest BCUT2D eigenvalue weighted by Gasteiger charge is 2.26. The Morgan fingerprint density at radius 3 is 1.89 bits per heavy atom. The lowest BCUT2D eigenvalue weighted by atomic mass is 10.0. The molecular weight excluding hydrogens is 901 g/mol. The van der Waals surface area contributed by atoms with Gasteiger partial charge in [0.15, 0.2) is 0 Å². The molecule has 8 aromatic carbocycles. The Hall–Kier alpha value is -9.39. The number of hydrogen-bond acceptors (Lipinski definition) is 2. The summed E-state index contributed by atoms with van der Waals surface area (Å²) in [6.07, 6.45) is 15.0. The first kappa shape index (κ1) is 43.4. The van der Waals surface area contributed by atoms with Crippen LogP contribution >= 0.6 is 0 Å². The third-order valence-corrected chi connectivity index (χ3v) is 15.2. The number of aromatic nitrogens is 5. The minimum Gasteiger partial charge on any atom is -0.310 e. The lowest BCUT2D eigenvalue weighted by molar-refractivity contribution is 0.975. The van der Waals surface area contributed by atoms with Gasteiger partial charge in [-0.2, -0.15) is 0 Å². The van der Waals surface area contributed by atoms with Crippen LogP contribution in [0.15, 0.2) is 224 Å². The highest BCUT2D eigenvalue weighted by molar-refractivity contribution is 6.20. The average Bonchev–Trinajstić information content (AvgIpc) is 4.13. The zero-order valence-electron chi connectivity index (χ0n) is 41.6. The molecule has 6 heteroatoms. The van der Waals surface area contributed by atoms with E-state index in [4.69, 9.17) is 4.98 Å². The molecule has 14 rings (SSSR count). The van der Waals surface area contributed by atoms with E-state index in [1.165, 1.54) is 71.3 Å².